The van der Waals surface area contributed by atoms with Gasteiger partial charge in [0.2, 0.25) is 0 Å². The second kappa shape index (κ2) is 7.28. The number of hydrogen-bond acceptors (Lipinski definition) is 5. The number of esters is 1. The lowest BCUT2D eigenvalue weighted by Crippen LogP contribution is -2.04. The van der Waals surface area contributed by atoms with E-state index >= 15 is 0 Å². The Labute approximate surface area is 179 Å². The molecule has 0 saturated carbocycles. The molecule has 0 radical (unpaired) electrons. The van der Waals surface area contributed by atoms with E-state index in [9.17, 15) is 4.79 Å². The number of nitrogens with one attached hydrogen (secondary N) is 1. The molecule has 0 aliphatic heterocycles. The summed E-state index contributed by atoms with van der Waals surface area (Å²) < 4.78 is 8.80. The zero-order valence-corrected chi connectivity index (χ0v) is 17.5. The van der Waals surface area contributed by atoms with Crippen LogP contribution < -0.4 is 5.32 Å². The van der Waals surface area contributed by atoms with Crippen molar-refractivity contribution in [3.8, 4) is 11.4 Å². The number of methoxy groups -OCH3 is 1. The number of aryl methyl sites for hydroxylation is 2. The lowest BCUT2D eigenvalue weighted by atomic mass is 10.2. The standard InChI is InChI=1S/C24H21N5O2/c1-15-7-10-18(11-8-15)26-23-22(21-19-6-4-5-13-28(19)16(2)25-21)27-20-12-9-17(14-29(20)23)24(30)31-3/h4-14,26H,1-3H3. The first-order valence-electron chi connectivity index (χ1n) is 9.93. The third kappa shape index (κ3) is 3.20. The highest BCUT2D eigenvalue weighted by Crippen LogP contribution is 2.33. The molecule has 5 aromatic rings. The average molecular weight is 411 g/mol. The first kappa shape index (κ1) is 18.9. The van der Waals surface area contributed by atoms with Gasteiger partial charge in [0.25, 0.3) is 0 Å². The Morgan fingerprint density at radius 3 is 2.52 bits per heavy atom. The molecule has 0 amide bonds. The molecule has 0 spiro atoms. The molecule has 1 N–H and O–H groups in total. The number of hydrogen-bond donors (Lipinski definition) is 1. The van der Waals surface area contributed by atoms with Gasteiger partial charge in [-0.2, -0.15) is 0 Å². The van der Waals surface area contributed by atoms with Crippen molar-refractivity contribution >= 4 is 28.6 Å². The highest BCUT2D eigenvalue weighted by Gasteiger charge is 2.21. The molecule has 0 saturated heterocycles. The van der Waals surface area contributed by atoms with Gasteiger partial charge in [-0.15, -0.1) is 0 Å². The van der Waals surface area contributed by atoms with Crippen molar-refractivity contribution in [1.29, 1.82) is 0 Å². The molecule has 31 heavy (non-hydrogen) atoms. The summed E-state index contributed by atoms with van der Waals surface area (Å²) in [7, 11) is 1.37. The minimum Gasteiger partial charge on any atom is -0.465 e. The number of fused-ring (bicyclic) bond motifs is 2. The van der Waals surface area contributed by atoms with Crippen molar-refractivity contribution in [2.45, 2.75) is 13.8 Å². The van der Waals surface area contributed by atoms with Gasteiger partial charge in [-0.25, -0.2) is 14.8 Å². The predicted molar refractivity (Wildman–Crippen MR) is 120 cm³/mol. The van der Waals surface area contributed by atoms with E-state index < -0.39 is 5.97 Å². The predicted octanol–water partition coefficient (Wildman–Crippen LogP) is 4.80. The van der Waals surface area contributed by atoms with Crippen molar-refractivity contribution in [2.24, 2.45) is 0 Å². The molecule has 0 unspecified atom stereocenters. The van der Waals surface area contributed by atoms with Crippen molar-refractivity contribution in [1.82, 2.24) is 18.8 Å². The molecule has 5 rings (SSSR count). The van der Waals surface area contributed by atoms with Gasteiger partial charge in [-0.1, -0.05) is 23.8 Å². The topological polar surface area (TPSA) is 72.9 Å². The number of imidazole rings is 2. The van der Waals surface area contributed by atoms with Gasteiger partial charge in [0.15, 0.2) is 0 Å². The molecular formula is C24H21N5O2. The summed E-state index contributed by atoms with van der Waals surface area (Å²) in [6.07, 6.45) is 3.72. The van der Waals surface area contributed by atoms with Crippen LogP contribution in [0.4, 0.5) is 11.5 Å². The molecule has 7 heteroatoms. The average Bonchev–Trinajstić information content (AvgIpc) is 3.32. The van der Waals surface area contributed by atoms with Gasteiger partial charge in [-0.3, -0.25) is 4.40 Å². The van der Waals surface area contributed by atoms with Gasteiger partial charge in [-0.05, 0) is 50.2 Å². The zero-order valence-electron chi connectivity index (χ0n) is 17.5. The van der Waals surface area contributed by atoms with E-state index in [0.29, 0.717) is 16.9 Å². The summed E-state index contributed by atoms with van der Waals surface area (Å²) in [5.41, 5.74) is 5.67. The molecule has 7 nitrogen and oxygen atoms in total. The van der Waals surface area contributed by atoms with Gasteiger partial charge in [0.1, 0.15) is 28.7 Å². The molecule has 1 aromatic carbocycles. The second-order valence-electron chi connectivity index (χ2n) is 7.40. The summed E-state index contributed by atoms with van der Waals surface area (Å²) in [5.74, 6) is 1.20. The Hall–Kier alpha value is -4.13. The monoisotopic (exact) mass is 411 g/mol. The number of carbonyl (C=O) groups excluding carboxylic acids is 1. The Morgan fingerprint density at radius 1 is 0.935 bits per heavy atom. The third-order valence-corrected chi connectivity index (χ3v) is 5.30. The van der Waals surface area contributed by atoms with E-state index in [4.69, 9.17) is 14.7 Å². The fraction of sp³-hybridized carbons (Fsp3) is 0.125. The molecule has 0 fully saturated rings. The van der Waals surface area contributed by atoms with Crippen LogP contribution in [0.15, 0.2) is 67.0 Å². The van der Waals surface area contributed by atoms with Crippen LogP contribution in [-0.2, 0) is 4.74 Å². The van der Waals surface area contributed by atoms with Gasteiger partial charge in [0.05, 0.1) is 18.2 Å². The van der Waals surface area contributed by atoms with Crippen LogP contribution in [0.1, 0.15) is 21.7 Å². The van der Waals surface area contributed by atoms with Crippen LogP contribution in [0.25, 0.3) is 22.6 Å². The maximum atomic E-state index is 12.1. The SMILES string of the molecule is COC(=O)c1ccc2nc(-c3nc(C)n4ccccc34)c(Nc3ccc(C)cc3)n2c1. The lowest BCUT2D eigenvalue weighted by molar-refractivity contribution is 0.0600. The molecule has 4 aromatic heterocycles. The van der Waals surface area contributed by atoms with E-state index in [0.717, 1.165) is 28.5 Å². The van der Waals surface area contributed by atoms with Crippen LogP contribution in [0.3, 0.4) is 0 Å². The van der Waals surface area contributed by atoms with E-state index in [2.05, 4.69) is 5.32 Å². The van der Waals surface area contributed by atoms with Crippen LogP contribution in [-0.4, -0.2) is 31.8 Å². The zero-order chi connectivity index (χ0) is 21.5. The highest BCUT2D eigenvalue weighted by molar-refractivity contribution is 5.91. The van der Waals surface area contributed by atoms with Gasteiger partial charge < -0.3 is 14.5 Å². The quantitative estimate of drug-likeness (QED) is 0.430. The van der Waals surface area contributed by atoms with E-state index in [1.165, 1.54) is 12.7 Å². The molecule has 0 aliphatic rings. The largest absolute Gasteiger partial charge is 0.465 e. The normalized spacial score (nSPS) is 11.2. The van der Waals surface area contributed by atoms with E-state index in [1.807, 2.05) is 71.3 Å². The number of ether oxygens (including phenoxy) is 1. The van der Waals surface area contributed by atoms with Crippen molar-refractivity contribution < 1.29 is 9.53 Å². The van der Waals surface area contributed by atoms with Crippen molar-refractivity contribution in [2.75, 3.05) is 12.4 Å². The maximum absolute atomic E-state index is 12.1. The number of carbonyl (C=O) groups is 1. The van der Waals surface area contributed by atoms with Gasteiger partial charge >= 0.3 is 5.97 Å². The third-order valence-electron chi connectivity index (χ3n) is 5.30. The number of benzene rings is 1. The fourth-order valence-corrected chi connectivity index (χ4v) is 3.71. The smallest absolute Gasteiger partial charge is 0.339 e. The van der Waals surface area contributed by atoms with Crippen molar-refractivity contribution in [3.63, 3.8) is 0 Å². The molecular weight excluding hydrogens is 390 g/mol. The van der Waals surface area contributed by atoms with Crippen LogP contribution in [0, 0.1) is 13.8 Å². The Morgan fingerprint density at radius 2 is 1.74 bits per heavy atom. The highest BCUT2D eigenvalue weighted by atomic mass is 16.5. The molecule has 0 bridgehead atoms. The number of rotatable bonds is 4. The van der Waals surface area contributed by atoms with Crippen molar-refractivity contribution in [3.05, 3.63) is 83.9 Å². The number of pyridine rings is 2. The number of aromatic nitrogens is 4. The second-order valence-corrected chi connectivity index (χ2v) is 7.40. The number of nitrogens with zero attached hydrogens (tertiary/aromatic N) is 4. The molecule has 0 atom stereocenters. The van der Waals surface area contributed by atoms with Crippen LogP contribution in [0.2, 0.25) is 0 Å². The van der Waals surface area contributed by atoms with E-state index in [-0.39, 0.29) is 0 Å². The van der Waals surface area contributed by atoms with Crippen LogP contribution >= 0.6 is 0 Å². The lowest BCUT2D eigenvalue weighted by Gasteiger charge is -2.09. The molecule has 4 heterocycles. The summed E-state index contributed by atoms with van der Waals surface area (Å²) in [5, 5.41) is 3.48. The minimum absolute atomic E-state index is 0.401. The Bertz CT molecular complexity index is 1430. The molecule has 154 valence electrons. The summed E-state index contributed by atoms with van der Waals surface area (Å²) in [6, 6.07) is 17.6. The molecule has 0 aliphatic carbocycles. The Kier molecular flexibility index (Phi) is 4.43. The fourth-order valence-electron chi connectivity index (χ4n) is 3.71. The van der Waals surface area contributed by atoms with E-state index in [1.54, 1.807) is 18.3 Å². The first-order chi connectivity index (χ1) is 15.0. The first-order valence-corrected chi connectivity index (χ1v) is 9.93. The number of anilines is 2. The van der Waals surface area contributed by atoms with Crippen LogP contribution in [0.5, 0.6) is 0 Å². The van der Waals surface area contributed by atoms with Gasteiger partial charge in [0, 0.05) is 18.1 Å². The summed E-state index contributed by atoms with van der Waals surface area (Å²) in [4.78, 5) is 21.8. The minimum atomic E-state index is -0.401. The Balaban J connectivity index is 1.76. The summed E-state index contributed by atoms with van der Waals surface area (Å²) in [6.45, 7) is 4.01. The summed E-state index contributed by atoms with van der Waals surface area (Å²) >= 11 is 0. The maximum Gasteiger partial charge on any atom is 0.339 e.